The van der Waals surface area contributed by atoms with Crippen molar-refractivity contribution in [3.8, 4) is 0 Å². The van der Waals surface area contributed by atoms with Crippen molar-refractivity contribution in [2.24, 2.45) is 5.92 Å². The summed E-state index contributed by atoms with van der Waals surface area (Å²) in [6, 6.07) is 0. The molecule has 1 aliphatic heterocycles. The van der Waals surface area contributed by atoms with E-state index in [-0.39, 0.29) is 0 Å². The fraction of sp³-hybridized carbons (Fsp3) is 1.00. The van der Waals surface area contributed by atoms with Crippen LogP contribution in [0.3, 0.4) is 0 Å². The lowest BCUT2D eigenvalue weighted by atomic mass is 9.67. The third kappa shape index (κ3) is 1.10. The van der Waals surface area contributed by atoms with Gasteiger partial charge in [0.15, 0.2) is 0 Å². The number of hydrogen-bond donors (Lipinski definition) is 0. The van der Waals surface area contributed by atoms with Crippen molar-refractivity contribution in [2.45, 2.75) is 51.0 Å². The van der Waals surface area contributed by atoms with Crippen LogP contribution in [0.1, 0.15) is 45.4 Å². The topological polar surface area (TPSA) is 9.23 Å². The Morgan fingerprint density at radius 1 is 1.36 bits per heavy atom. The molecule has 1 unspecified atom stereocenters. The molecule has 1 spiro atoms. The van der Waals surface area contributed by atoms with Gasteiger partial charge in [0.05, 0.1) is 5.60 Å². The normalized spacial score (nSPS) is 35.2. The SMILES string of the molecule is CCC1CCCOC12CCC2. The maximum atomic E-state index is 5.90. The van der Waals surface area contributed by atoms with Gasteiger partial charge in [0.1, 0.15) is 0 Å². The molecule has 0 radical (unpaired) electrons. The first-order valence-electron chi connectivity index (χ1n) is 5.01. The van der Waals surface area contributed by atoms with Gasteiger partial charge in [-0.25, -0.2) is 0 Å². The molecule has 2 rings (SSSR count). The second-order valence-electron chi connectivity index (χ2n) is 4.01. The molecule has 1 saturated heterocycles. The average molecular weight is 154 g/mol. The molecule has 1 heterocycles. The van der Waals surface area contributed by atoms with E-state index in [1.54, 1.807) is 0 Å². The molecular weight excluding hydrogens is 136 g/mol. The third-order valence-corrected chi connectivity index (χ3v) is 3.52. The van der Waals surface area contributed by atoms with Crippen molar-refractivity contribution < 1.29 is 4.74 Å². The highest BCUT2D eigenvalue weighted by Gasteiger charge is 2.45. The van der Waals surface area contributed by atoms with Gasteiger partial charge in [0.2, 0.25) is 0 Å². The molecule has 0 N–H and O–H groups in total. The van der Waals surface area contributed by atoms with Crippen LogP contribution in [-0.4, -0.2) is 12.2 Å². The molecule has 1 heteroatoms. The summed E-state index contributed by atoms with van der Waals surface area (Å²) in [5, 5.41) is 0. The van der Waals surface area contributed by atoms with Gasteiger partial charge in [-0.2, -0.15) is 0 Å². The molecule has 1 aliphatic carbocycles. The maximum absolute atomic E-state index is 5.90. The first-order valence-corrected chi connectivity index (χ1v) is 5.01. The van der Waals surface area contributed by atoms with Crippen molar-refractivity contribution in [1.29, 1.82) is 0 Å². The first-order chi connectivity index (χ1) is 5.37. The smallest absolute Gasteiger partial charge is 0.0710 e. The Bertz CT molecular complexity index is 138. The van der Waals surface area contributed by atoms with E-state index >= 15 is 0 Å². The molecule has 2 fully saturated rings. The van der Waals surface area contributed by atoms with Crippen molar-refractivity contribution in [3.05, 3.63) is 0 Å². The molecular formula is C10H18O. The molecule has 11 heavy (non-hydrogen) atoms. The maximum Gasteiger partial charge on any atom is 0.0710 e. The van der Waals surface area contributed by atoms with E-state index in [0.29, 0.717) is 5.60 Å². The molecule has 0 aromatic heterocycles. The fourth-order valence-electron chi connectivity index (χ4n) is 2.64. The van der Waals surface area contributed by atoms with Crippen LogP contribution in [0.2, 0.25) is 0 Å². The first kappa shape index (κ1) is 7.60. The van der Waals surface area contributed by atoms with E-state index in [2.05, 4.69) is 6.92 Å². The second-order valence-corrected chi connectivity index (χ2v) is 4.01. The summed E-state index contributed by atoms with van der Waals surface area (Å²) < 4.78 is 5.90. The van der Waals surface area contributed by atoms with Crippen molar-refractivity contribution in [1.82, 2.24) is 0 Å². The summed E-state index contributed by atoms with van der Waals surface area (Å²) in [6.07, 6.45) is 8.10. The zero-order chi connectivity index (χ0) is 7.73. The molecule has 64 valence electrons. The van der Waals surface area contributed by atoms with Crippen molar-refractivity contribution in [3.63, 3.8) is 0 Å². The molecule has 2 aliphatic rings. The summed E-state index contributed by atoms with van der Waals surface area (Å²) in [6.45, 7) is 3.33. The summed E-state index contributed by atoms with van der Waals surface area (Å²) in [5.74, 6) is 0.880. The summed E-state index contributed by atoms with van der Waals surface area (Å²) >= 11 is 0. The van der Waals surface area contributed by atoms with E-state index in [0.717, 1.165) is 12.5 Å². The minimum absolute atomic E-state index is 0.368. The van der Waals surface area contributed by atoms with Crippen LogP contribution in [0, 0.1) is 5.92 Å². The van der Waals surface area contributed by atoms with E-state index < -0.39 is 0 Å². The Labute approximate surface area is 69.1 Å². The monoisotopic (exact) mass is 154 g/mol. The molecule has 0 aromatic carbocycles. The van der Waals surface area contributed by atoms with E-state index in [4.69, 9.17) is 4.74 Å². The lowest BCUT2D eigenvalue weighted by Gasteiger charge is -2.50. The van der Waals surface area contributed by atoms with Gasteiger partial charge in [-0.1, -0.05) is 13.3 Å². The van der Waals surface area contributed by atoms with Gasteiger partial charge in [-0.3, -0.25) is 0 Å². The van der Waals surface area contributed by atoms with Crippen molar-refractivity contribution >= 4 is 0 Å². The van der Waals surface area contributed by atoms with E-state index in [1.807, 2.05) is 0 Å². The molecule has 0 bridgehead atoms. The van der Waals surface area contributed by atoms with Gasteiger partial charge in [-0.15, -0.1) is 0 Å². The molecule has 0 amide bonds. The zero-order valence-corrected chi connectivity index (χ0v) is 7.44. The zero-order valence-electron chi connectivity index (χ0n) is 7.44. The minimum Gasteiger partial charge on any atom is -0.375 e. The molecule has 1 atom stereocenters. The Hall–Kier alpha value is -0.0400. The van der Waals surface area contributed by atoms with E-state index in [1.165, 1.54) is 38.5 Å². The second kappa shape index (κ2) is 2.78. The van der Waals surface area contributed by atoms with Crippen LogP contribution >= 0.6 is 0 Å². The quantitative estimate of drug-likeness (QED) is 0.564. The Kier molecular flexibility index (Phi) is 1.92. The summed E-state index contributed by atoms with van der Waals surface area (Å²) in [5.41, 5.74) is 0.368. The van der Waals surface area contributed by atoms with E-state index in [9.17, 15) is 0 Å². The lowest BCUT2D eigenvalue weighted by Crippen LogP contribution is -2.49. The Morgan fingerprint density at radius 3 is 2.64 bits per heavy atom. The third-order valence-electron chi connectivity index (χ3n) is 3.52. The van der Waals surface area contributed by atoms with Gasteiger partial charge in [0.25, 0.3) is 0 Å². The van der Waals surface area contributed by atoms with Gasteiger partial charge in [0, 0.05) is 6.61 Å². The summed E-state index contributed by atoms with van der Waals surface area (Å²) in [4.78, 5) is 0. The van der Waals surface area contributed by atoms with Crippen molar-refractivity contribution in [2.75, 3.05) is 6.61 Å². The Morgan fingerprint density at radius 2 is 2.18 bits per heavy atom. The van der Waals surface area contributed by atoms with Gasteiger partial charge >= 0.3 is 0 Å². The Balaban J connectivity index is 2.02. The molecule has 1 nitrogen and oxygen atoms in total. The molecule has 0 aromatic rings. The average Bonchev–Trinajstić information content (AvgIpc) is 2.01. The predicted molar refractivity (Wildman–Crippen MR) is 45.5 cm³/mol. The number of ether oxygens (including phenoxy) is 1. The largest absolute Gasteiger partial charge is 0.375 e. The minimum atomic E-state index is 0.368. The lowest BCUT2D eigenvalue weighted by molar-refractivity contribution is -0.165. The van der Waals surface area contributed by atoms with Crippen LogP contribution in [-0.2, 0) is 4.74 Å². The van der Waals surface area contributed by atoms with Gasteiger partial charge in [-0.05, 0) is 38.0 Å². The van der Waals surface area contributed by atoms with Crippen LogP contribution in [0.25, 0.3) is 0 Å². The number of hydrogen-bond acceptors (Lipinski definition) is 1. The number of rotatable bonds is 1. The summed E-state index contributed by atoms with van der Waals surface area (Å²) in [7, 11) is 0. The van der Waals surface area contributed by atoms with Crippen LogP contribution in [0.15, 0.2) is 0 Å². The van der Waals surface area contributed by atoms with Gasteiger partial charge < -0.3 is 4.74 Å². The highest BCUT2D eigenvalue weighted by molar-refractivity contribution is 4.96. The highest BCUT2D eigenvalue weighted by Crippen LogP contribution is 2.47. The molecule has 1 saturated carbocycles. The fourth-order valence-corrected chi connectivity index (χ4v) is 2.64. The standard InChI is InChI=1S/C10H18O/c1-2-9-5-3-8-11-10(9)6-4-7-10/h9H,2-8H2,1H3. The predicted octanol–water partition coefficient (Wildman–Crippen LogP) is 2.75. The van der Waals surface area contributed by atoms with Crippen LogP contribution in [0.5, 0.6) is 0 Å². The van der Waals surface area contributed by atoms with Crippen LogP contribution in [0.4, 0.5) is 0 Å². The highest BCUT2D eigenvalue weighted by atomic mass is 16.5. The van der Waals surface area contributed by atoms with Crippen LogP contribution < -0.4 is 0 Å².